The first kappa shape index (κ1) is 12.2. The molecule has 0 aliphatic carbocycles. The summed E-state index contributed by atoms with van der Waals surface area (Å²) in [5.41, 5.74) is 6.56. The molecule has 1 saturated heterocycles. The second kappa shape index (κ2) is 5.38. The Hall–Kier alpha value is -1.26. The van der Waals surface area contributed by atoms with Crippen molar-refractivity contribution < 1.29 is 9.53 Å². The lowest BCUT2D eigenvalue weighted by atomic mass is 10.1. The summed E-state index contributed by atoms with van der Waals surface area (Å²) >= 11 is 5.81. The van der Waals surface area contributed by atoms with Crippen LogP contribution in [0.2, 0.25) is 5.02 Å². The first-order chi connectivity index (χ1) is 8.20. The van der Waals surface area contributed by atoms with Crippen molar-refractivity contribution in [2.45, 2.75) is 19.0 Å². The van der Waals surface area contributed by atoms with E-state index in [1.807, 2.05) is 24.3 Å². The molecule has 2 rings (SSSR count). The molecule has 0 saturated carbocycles. The average Bonchev–Trinajstić information content (AvgIpc) is 2.65. The number of rotatable bonds is 4. The number of hydrogen-bond donors (Lipinski definition) is 1. The summed E-state index contributed by atoms with van der Waals surface area (Å²) in [6.45, 7) is 1.53. The van der Waals surface area contributed by atoms with E-state index in [4.69, 9.17) is 22.1 Å². The molecule has 0 bridgehead atoms. The first-order valence-corrected chi connectivity index (χ1v) is 5.96. The zero-order valence-electron chi connectivity index (χ0n) is 9.43. The van der Waals surface area contributed by atoms with Gasteiger partial charge in [-0.15, -0.1) is 0 Å². The van der Waals surface area contributed by atoms with Crippen molar-refractivity contribution in [2.24, 2.45) is 5.73 Å². The van der Waals surface area contributed by atoms with E-state index < -0.39 is 0 Å². The predicted molar refractivity (Wildman–Crippen MR) is 65.8 cm³/mol. The number of nitrogens with zero attached hydrogens (tertiary/aromatic N) is 1. The molecule has 1 atom stereocenters. The van der Waals surface area contributed by atoms with E-state index in [1.165, 1.54) is 0 Å². The molecule has 92 valence electrons. The predicted octanol–water partition coefficient (Wildman–Crippen LogP) is 2.01. The third-order valence-corrected chi connectivity index (χ3v) is 3.09. The van der Waals surface area contributed by atoms with Gasteiger partial charge in [-0.05, 0) is 30.7 Å². The summed E-state index contributed by atoms with van der Waals surface area (Å²) < 4.78 is 5.03. The van der Waals surface area contributed by atoms with Gasteiger partial charge in [-0.2, -0.15) is 0 Å². The van der Waals surface area contributed by atoms with Crippen LogP contribution in [-0.2, 0) is 11.3 Å². The number of carbonyl (C=O) groups is 1. The van der Waals surface area contributed by atoms with Crippen molar-refractivity contribution in [3.8, 4) is 0 Å². The van der Waals surface area contributed by atoms with Gasteiger partial charge in [0.25, 0.3) is 0 Å². The molecule has 1 aromatic carbocycles. The highest BCUT2D eigenvalue weighted by atomic mass is 35.5. The molecule has 0 spiro atoms. The standard InChI is InChI=1S/C12H15ClN2O2/c13-10-3-1-9(2-4-10)7-15-11(5-6-14)8-17-12(15)16/h1-4,11H,5-8,14H2. The van der Waals surface area contributed by atoms with Gasteiger partial charge in [0.15, 0.2) is 0 Å². The molecule has 1 unspecified atom stereocenters. The molecule has 5 heteroatoms. The average molecular weight is 255 g/mol. The van der Waals surface area contributed by atoms with Gasteiger partial charge in [0, 0.05) is 11.6 Å². The third kappa shape index (κ3) is 2.90. The summed E-state index contributed by atoms with van der Waals surface area (Å²) in [7, 11) is 0. The van der Waals surface area contributed by atoms with Crippen molar-refractivity contribution in [3.05, 3.63) is 34.9 Å². The molecule has 1 aliphatic rings. The number of halogens is 1. The topological polar surface area (TPSA) is 55.6 Å². The Morgan fingerprint density at radius 3 is 2.76 bits per heavy atom. The molecule has 0 aromatic heterocycles. The minimum atomic E-state index is -0.265. The van der Waals surface area contributed by atoms with Crippen molar-refractivity contribution in [2.75, 3.05) is 13.2 Å². The van der Waals surface area contributed by atoms with E-state index in [-0.39, 0.29) is 12.1 Å². The fourth-order valence-electron chi connectivity index (χ4n) is 1.90. The second-order valence-electron chi connectivity index (χ2n) is 4.06. The summed E-state index contributed by atoms with van der Waals surface area (Å²) in [6.07, 6.45) is 0.498. The third-order valence-electron chi connectivity index (χ3n) is 2.84. The summed E-state index contributed by atoms with van der Waals surface area (Å²) in [5, 5.41) is 0.691. The van der Waals surface area contributed by atoms with Crippen molar-refractivity contribution in [1.82, 2.24) is 4.90 Å². The van der Waals surface area contributed by atoms with Gasteiger partial charge in [-0.3, -0.25) is 4.90 Å². The lowest BCUT2D eigenvalue weighted by molar-refractivity contribution is 0.156. The maximum atomic E-state index is 11.6. The van der Waals surface area contributed by atoms with Crippen LogP contribution in [-0.4, -0.2) is 30.2 Å². The van der Waals surface area contributed by atoms with Crippen LogP contribution in [0.15, 0.2) is 24.3 Å². The largest absolute Gasteiger partial charge is 0.447 e. The molecule has 4 nitrogen and oxygen atoms in total. The van der Waals surface area contributed by atoms with E-state index >= 15 is 0 Å². The number of nitrogens with two attached hydrogens (primary N) is 1. The molecular weight excluding hydrogens is 240 g/mol. The number of carbonyl (C=O) groups excluding carboxylic acids is 1. The molecule has 17 heavy (non-hydrogen) atoms. The Kier molecular flexibility index (Phi) is 3.86. The van der Waals surface area contributed by atoms with Crippen LogP contribution < -0.4 is 5.73 Å². The Balaban J connectivity index is 2.05. The first-order valence-electron chi connectivity index (χ1n) is 5.58. The van der Waals surface area contributed by atoms with E-state index in [1.54, 1.807) is 4.90 Å². The van der Waals surface area contributed by atoms with Crippen LogP contribution in [0, 0.1) is 0 Å². The zero-order valence-corrected chi connectivity index (χ0v) is 10.2. The van der Waals surface area contributed by atoms with Gasteiger partial charge in [0.1, 0.15) is 6.61 Å². The smallest absolute Gasteiger partial charge is 0.410 e. The number of ether oxygens (including phenoxy) is 1. The molecular formula is C12H15ClN2O2. The van der Waals surface area contributed by atoms with Gasteiger partial charge in [-0.1, -0.05) is 23.7 Å². The lowest BCUT2D eigenvalue weighted by Crippen LogP contribution is -2.34. The fourth-order valence-corrected chi connectivity index (χ4v) is 2.03. The SMILES string of the molecule is NCCC1COC(=O)N1Cc1ccc(Cl)cc1. The van der Waals surface area contributed by atoms with Crippen LogP contribution in [0.3, 0.4) is 0 Å². The highest BCUT2D eigenvalue weighted by Crippen LogP contribution is 2.19. The Labute approximate surface area is 105 Å². The normalized spacial score (nSPS) is 19.5. The minimum Gasteiger partial charge on any atom is -0.447 e. The van der Waals surface area contributed by atoms with Crippen LogP contribution in [0.4, 0.5) is 4.79 Å². The number of cyclic esters (lactones) is 1. The molecule has 1 aliphatic heterocycles. The highest BCUT2D eigenvalue weighted by molar-refractivity contribution is 6.30. The summed E-state index contributed by atoms with van der Waals surface area (Å²) in [6, 6.07) is 7.54. The van der Waals surface area contributed by atoms with Crippen LogP contribution in [0.25, 0.3) is 0 Å². The van der Waals surface area contributed by atoms with Crippen molar-refractivity contribution >= 4 is 17.7 Å². The van der Waals surface area contributed by atoms with E-state index in [2.05, 4.69) is 0 Å². The molecule has 1 fully saturated rings. The zero-order chi connectivity index (χ0) is 12.3. The van der Waals surface area contributed by atoms with Gasteiger partial charge in [-0.25, -0.2) is 4.79 Å². The number of amides is 1. The van der Waals surface area contributed by atoms with E-state index in [0.29, 0.717) is 24.7 Å². The monoisotopic (exact) mass is 254 g/mol. The maximum Gasteiger partial charge on any atom is 0.410 e. The van der Waals surface area contributed by atoms with Gasteiger partial charge >= 0.3 is 6.09 Å². The Morgan fingerprint density at radius 1 is 1.41 bits per heavy atom. The van der Waals surface area contributed by atoms with Crippen molar-refractivity contribution in [1.29, 1.82) is 0 Å². The van der Waals surface area contributed by atoms with Crippen molar-refractivity contribution in [3.63, 3.8) is 0 Å². The molecule has 1 aromatic rings. The van der Waals surface area contributed by atoms with Crippen LogP contribution in [0.1, 0.15) is 12.0 Å². The highest BCUT2D eigenvalue weighted by Gasteiger charge is 2.31. The van der Waals surface area contributed by atoms with Crippen LogP contribution in [0.5, 0.6) is 0 Å². The van der Waals surface area contributed by atoms with Gasteiger partial charge in [0.2, 0.25) is 0 Å². The number of benzene rings is 1. The molecule has 0 radical (unpaired) electrons. The molecule has 1 heterocycles. The van der Waals surface area contributed by atoms with E-state index in [0.717, 1.165) is 12.0 Å². The van der Waals surface area contributed by atoms with E-state index in [9.17, 15) is 4.79 Å². The molecule has 2 N–H and O–H groups in total. The summed E-state index contributed by atoms with van der Waals surface area (Å²) in [5.74, 6) is 0. The fraction of sp³-hybridized carbons (Fsp3) is 0.417. The maximum absolute atomic E-state index is 11.6. The quantitative estimate of drug-likeness (QED) is 0.894. The Morgan fingerprint density at radius 2 is 2.12 bits per heavy atom. The molecule has 1 amide bonds. The van der Waals surface area contributed by atoms with Gasteiger partial charge < -0.3 is 10.5 Å². The second-order valence-corrected chi connectivity index (χ2v) is 4.50. The lowest BCUT2D eigenvalue weighted by Gasteiger charge is -2.20. The number of hydrogen-bond acceptors (Lipinski definition) is 3. The Bertz CT molecular complexity index is 394. The van der Waals surface area contributed by atoms with Crippen LogP contribution >= 0.6 is 11.6 Å². The summed E-state index contributed by atoms with van der Waals surface area (Å²) in [4.78, 5) is 13.3. The minimum absolute atomic E-state index is 0.0863. The van der Waals surface area contributed by atoms with Gasteiger partial charge in [0.05, 0.1) is 6.04 Å².